The summed E-state index contributed by atoms with van der Waals surface area (Å²) < 4.78 is 0. The fourth-order valence-corrected chi connectivity index (χ4v) is 2.84. The molecular weight excluding hydrogens is 305 g/mol. The Morgan fingerprint density at radius 3 is 2.71 bits per heavy atom. The number of halogens is 2. The van der Waals surface area contributed by atoms with Crippen LogP contribution in [-0.2, 0) is 6.42 Å². The normalized spacial score (nSPS) is 11.0. The number of nitrogens with two attached hydrogens (primary N) is 1. The summed E-state index contributed by atoms with van der Waals surface area (Å²) in [6.45, 7) is 2.04. The first-order valence-corrected chi connectivity index (χ1v) is 7.35. The Hall–Kier alpha value is -1.84. The second-order valence-corrected chi connectivity index (χ2v) is 5.58. The van der Waals surface area contributed by atoms with E-state index in [1.165, 1.54) is 0 Å². The van der Waals surface area contributed by atoms with E-state index in [0.29, 0.717) is 15.9 Å². The molecule has 5 heteroatoms. The summed E-state index contributed by atoms with van der Waals surface area (Å²) in [4.78, 5) is 8.84. The van der Waals surface area contributed by atoms with Gasteiger partial charge in [0.05, 0.1) is 21.3 Å². The van der Waals surface area contributed by atoms with Gasteiger partial charge in [0.15, 0.2) is 0 Å². The minimum absolute atomic E-state index is 0.503. The van der Waals surface area contributed by atoms with Crippen LogP contribution in [0.15, 0.2) is 36.5 Å². The summed E-state index contributed by atoms with van der Waals surface area (Å²) in [6.07, 6.45) is 2.39. The third kappa shape index (κ3) is 2.55. The Bertz CT molecular complexity index is 831. The van der Waals surface area contributed by atoms with Crippen molar-refractivity contribution in [2.45, 2.75) is 13.3 Å². The van der Waals surface area contributed by atoms with Gasteiger partial charge in [-0.15, -0.1) is 0 Å². The summed E-state index contributed by atoms with van der Waals surface area (Å²) >= 11 is 12.4. The molecule has 0 unspecified atom stereocenters. The molecule has 0 bridgehead atoms. The molecule has 0 aliphatic heterocycles. The number of rotatable bonds is 2. The third-order valence-electron chi connectivity index (χ3n) is 3.37. The average Bonchev–Trinajstić information content (AvgIpc) is 2.48. The van der Waals surface area contributed by atoms with Crippen LogP contribution in [0.5, 0.6) is 0 Å². The van der Waals surface area contributed by atoms with Gasteiger partial charge < -0.3 is 5.73 Å². The number of nitrogens with zero attached hydrogens (tertiary/aromatic N) is 2. The third-order valence-corrected chi connectivity index (χ3v) is 3.89. The lowest BCUT2D eigenvalue weighted by molar-refractivity contribution is 1.05. The maximum absolute atomic E-state index is 6.41. The van der Waals surface area contributed by atoms with Crippen LogP contribution in [0.4, 0.5) is 5.82 Å². The highest BCUT2D eigenvalue weighted by Crippen LogP contribution is 2.36. The minimum atomic E-state index is 0.503. The van der Waals surface area contributed by atoms with Crippen LogP contribution >= 0.6 is 23.2 Å². The molecule has 2 N–H and O–H groups in total. The number of anilines is 1. The Kier molecular flexibility index (Phi) is 3.70. The van der Waals surface area contributed by atoms with Crippen LogP contribution in [0.3, 0.4) is 0 Å². The Morgan fingerprint density at radius 1 is 1.14 bits per heavy atom. The molecule has 1 aromatic carbocycles. The lowest BCUT2D eigenvalue weighted by Crippen LogP contribution is -1.98. The first-order chi connectivity index (χ1) is 10.1. The molecule has 0 saturated heterocycles. The van der Waals surface area contributed by atoms with Gasteiger partial charge in [-0.1, -0.05) is 36.2 Å². The zero-order valence-corrected chi connectivity index (χ0v) is 12.9. The number of nitrogen functional groups attached to an aromatic ring is 1. The van der Waals surface area contributed by atoms with Gasteiger partial charge in [-0.2, -0.15) is 0 Å². The second-order valence-electron chi connectivity index (χ2n) is 4.73. The average molecular weight is 318 g/mol. The smallest absolute Gasteiger partial charge is 0.123 e. The lowest BCUT2D eigenvalue weighted by Gasteiger charge is -2.12. The lowest BCUT2D eigenvalue weighted by atomic mass is 9.99. The summed E-state index contributed by atoms with van der Waals surface area (Å²) in [6, 6.07) is 9.36. The summed E-state index contributed by atoms with van der Waals surface area (Å²) in [7, 11) is 0. The van der Waals surface area contributed by atoms with E-state index in [9.17, 15) is 0 Å². The largest absolute Gasteiger partial charge is 0.384 e. The second kappa shape index (κ2) is 5.51. The highest BCUT2D eigenvalue weighted by Gasteiger charge is 2.14. The molecule has 3 aromatic rings. The molecule has 2 aromatic heterocycles. The fraction of sp³-hybridized carbons (Fsp3) is 0.125. The monoisotopic (exact) mass is 317 g/mol. The van der Waals surface area contributed by atoms with E-state index in [0.717, 1.165) is 34.1 Å². The minimum Gasteiger partial charge on any atom is -0.384 e. The molecule has 0 radical (unpaired) electrons. The Morgan fingerprint density at radius 2 is 1.95 bits per heavy atom. The van der Waals surface area contributed by atoms with E-state index >= 15 is 0 Å². The fourth-order valence-electron chi connectivity index (χ4n) is 2.42. The van der Waals surface area contributed by atoms with E-state index in [2.05, 4.69) is 9.97 Å². The maximum atomic E-state index is 6.41. The van der Waals surface area contributed by atoms with Gasteiger partial charge in [0.25, 0.3) is 0 Å². The first kappa shape index (κ1) is 14.1. The van der Waals surface area contributed by atoms with E-state index in [1.807, 2.05) is 31.2 Å². The molecule has 0 atom stereocenters. The molecule has 0 aliphatic rings. The van der Waals surface area contributed by atoms with Crippen molar-refractivity contribution >= 4 is 39.9 Å². The van der Waals surface area contributed by atoms with Crippen molar-refractivity contribution < 1.29 is 0 Å². The van der Waals surface area contributed by atoms with Crippen molar-refractivity contribution in [1.29, 1.82) is 0 Å². The van der Waals surface area contributed by atoms with Crippen LogP contribution in [0.25, 0.3) is 22.0 Å². The molecule has 0 saturated carbocycles. The van der Waals surface area contributed by atoms with E-state index in [1.54, 1.807) is 12.3 Å². The zero-order valence-electron chi connectivity index (χ0n) is 11.4. The Balaban J connectivity index is 2.36. The molecule has 0 spiro atoms. The molecule has 0 amide bonds. The van der Waals surface area contributed by atoms with Gasteiger partial charge in [-0.25, -0.2) is 4.98 Å². The number of aryl methyl sites for hydroxylation is 1. The van der Waals surface area contributed by atoms with Crippen molar-refractivity contribution in [3.63, 3.8) is 0 Å². The predicted molar refractivity (Wildman–Crippen MR) is 88.8 cm³/mol. The summed E-state index contributed by atoms with van der Waals surface area (Å²) in [5.41, 5.74) is 9.32. The van der Waals surface area contributed by atoms with Crippen molar-refractivity contribution in [1.82, 2.24) is 9.97 Å². The number of fused-ring (bicyclic) bond motifs is 1. The first-order valence-electron chi connectivity index (χ1n) is 6.59. The van der Waals surface area contributed by atoms with Crippen molar-refractivity contribution in [2.75, 3.05) is 5.73 Å². The molecule has 0 fully saturated rings. The molecule has 3 rings (SSSR count). The summed E-state index contributed by atoms with van der Waals surface area (Å²) in [5.74, 6) is 0.503. The predicted octanol–water partition coefficient (Wildman–Crippen LogP) is 4.75. The number of pyridine rings is 2. The van der Waals surface area contributed by atoms with Gasteiger partial charge >= 0.3 is 0 Å². The van der Waals surface area contributed by atoms with Gasteiger partial charge in [-0.05, 0) is 30.7 Å². The molecule has 106 valence electrons. The van der Waals surface area contributed by atoms with Crippen molar-refractivity contribution in [3.8, 4) is 11.1 Å². The van der Waals surface area contributed by atoms with Gasteiger partial charge in [0.2, 0.25) is 0 Å². The maximum Gasteiger partial charge on any atom is 0.123 e. The number of benzene rings is 1. The molecule has 2 heterocycles. The number of hydrogen-bond donors (Lipinski definition) is 1. The van der Waals surface area contributed by atoms with Crippen LogP contribution in [0.1, 0.15) is 12.6 Å². The van der Waals surface area contributed by atoms with Crippen molar-refractivity contribution in [2.24, 2.45) is 0 Å². The molecule has 3 nitrogen and oxygen atoms in total. The van der Waals surface area contributed by atoms with Crippen LogP contribution in [0, 0.1) is 0 Å². The van der Waals surface area contributed by atoms with Gasteiger partial charge in [0.1, 0.15) is 5.82 Å². The molecule has 0 aliphatic carbocycles. The van der Waals surface area contributed by atoms with E-state index < -0.39 is 0 Å². The van der Waals surface area contributed by atoms with E-state index in [4.69, 9.17) is 28.9 Å². The van der Waals surface area contributed by atoms with Crippen LogP contribution in [0.2, 0.25) is 10.0 Å². The van der Waals surface area contributed by atoms with E-state index in [-0.39, 0.29) is 0 Å². The van der Waals surface area contributed by atoms with Crippen molar-refractivity contribution in [3.05, 3.63) is 52.3 Å². The number of aromatic nitrogens is 2. The highest BCUT2D eigenvalue weighted by molar-refractivity contribution is 6.35. The van der Waals surface area contributed by atoms with Gasteiger partial charge in [-0.3, -0.25) is 4.98 Å². The Labute approximate surface area is 132 Å². The molecular formula is C16H13Cl2N3. The topological polar surface area (TPSA) is 51.8 Å². The highest BCUT2D eigenvalue weighted by atomic mass is 35.5. The van der Waals surface area contributed by atoms with Crippen LogP contribution < -0.4 is 5.73 Å². The number of hydrogen-bond acceptors (Lipinski definition) is 3. The quantitative estimate of drug-likeness (QED) is 0.742. The molecule has 21 heavy (non-hydrogen) atoms. The standard InChI is InChI=1S/C16H13Cl2N3/c1-2-13-11(4-6-14(19)21-13)15-12(18)5-3-9-7-10(17)8-20-16(9)15/h3-8H,2H2,1H3,(H2,19,21). The van der Waals surface area contributed by atoms with Crippen LogP contribution in [-0.4, -0.2) is 9.97 Å². The SMILES string of the molecule is CCc1nc(N)ccc1-c1c(Cl)ccc2cc(Cl)cnc12. The van der Waals surface area contributed by atoms with Gasteiger partial charge in [0, 0.05) is 22.7 Å². The summed E-state index contributed by atoms with van der Waals surface area (Å²) in [5, 5.41) is 2.18. The zero-order chi connectivity index (χ0) is 15.0.